The summed E-state index contributed by atoms with van der Waals surface area (Å²) < 4.78 is 2.43. The highest BCUT2D eigenvalue weighted by molar-refractivity contribution is 6.09. The van der Waals surface area contributed by atoms with Gasteiger partial charge in [0.15, 0.2) is 5.82 Å². The van der Waals surface area contributed by atoms with E-state index in [-0.39, 0.29) is 0 Å². The number of fused-ring (bicyclic) bond motifs is 6. The fourth-order valence-corrected chi connectivity index (χ4v) is 9.26. The number of benzene rings is 7. The molecule has 7 aromatic carbocycles. The Balaban J connectivity index is 1.15. The average Bonchev–Trinajstić information content (AvgIpc) is 3.78. The molecule has 2 aliphatic rings. The van der Waals surface area contributed by atoms with E-state index in [0.717, 1.165) is 57.7 Å². The SMILES string of the molecule is C1=CC(c2cc(-c3ccccc3)nc(-c3cccc(-n4c5ccccc5c5ccc(C6(c7ccccc7)c7ccccc7-c7ccccc76)cc54)c3)n2)=CCC1. The average molecular weight is 716 g/mol. The van der Waals surface area contributed by atoms with Gasteiger partial charge in [-0.05, 0) is 82.1 Å². The zero-order valence-corrected chi connectivity index (χ0v) is 30.8. The Bertz CT molecular complexity index is 2980. The van der Waals surface area contributed by atoms with Crippen LogP contribution in [0, 0.1) is 0 Å². The molecule has 264 valence electrons. The summed E-state index contributed by atoms with van der Waals surface area (Å²) in [5, 5.41) is 2.44. The van der Waals surface area contributed by atoms with E-state index in [1.54, 1.807) is 0 Å². The van der Waals surface area contributed by atoms with Gasteiger partial charge in [0, 0.05) is 27.6 Å². The molecule has 0 bridgehead atoms. The zero-order chi connectivity index (χ0) is 37.1. The molecule has 0 aliphatic heterocycles. The molecule has 0 spiro atoms. The van der Waals surface area contributed by atoms with E-state index >= 15 is 0 Å². The largest absolute Gasteiger partial charge is 0.309 e. The van der Waals surface area contributed by atoms with E-state index < -0.39 is 5.41 Å². The lowest BCUT2D eigenvalue weighted by Crippen LogP contribution is -2.28. The molecular weight excluding hydrogens is 679 g/mol. The van der Waals surface area contributed by atoms with Gasteiger partial charge in [0.2, 0.25) is 0 Å². The standard InChI is InChI=1S/C53H37N3/c1-4-17-36(18-5-1)48-35-49(37-19-6-2-7-20-37)55-52(54-48)38-21-16-24-41(33-38)56-50-30-15-12-27-44(50)45-32-31-40(34-51(45)56)53(39-22-8-3-9-23-39)46-28-13-10-25-42(46)43-26-11-14-29-47(43)53/h1,3-6,8-35H,2,7H2. The van der Waals surface area contributed by atoms with Crippen LogP contribution < -0.4 is 0 Å². The molecule has 0 saturated carbocycles. The van der Waals surface area contributed by atoms with Gasteiger partial charge in [-0.3, -0.25) is 0 Å². The Kier molecular flexibility index (Phi) is 7.53. The molecule has 3 heteroatoms. The van der Waals surface area contributed by atoms with Gasteiger partial charge in [-0.2, -0.15) is 0 Å². The molecule has 2 aromatic heterocycles. The van der Waals surface area contributed by atoms with Gasteiger partial charge >= 0.3 is 0 Å². The predicted octanol–water partition coefficient (Wildman–Crippen LogP) is 13.0. The van der Waals surface area contributed by atoms with Crippen LogP contribution in [0.3, 0.4) is 0 Å². The van der Waals surface area contributed by atoms with Crippen LogP contribution in [0.15, 0.2) is 200 Å². The second kappa shape index (κ2) is 13.0. The van der Waals surface area contributed by atoms with Crippen molar-refractivity contribution in [3.63, 3.8) is 0 Å². The van der Waals surface area contributed by atoms with Gasteiger partial charge in [0.05, 0.1) is 27.8 Å². The highest BCUT2D eigenvalue weighted by atomic mass is 15.0. The lowest BCUT2D eigenvalue weighted by atomic mass is 9.67. The van der Waals surface area contributed by atoms with E-state index in [0.29, 0.717) is 5.82 Å². The van der Waals surface area contributed by atoms with E-state index in [2.05, 4.69) is 199 Å². The molecule has 0 unspecified atom stereocenters. The molecule has 2 aliphatic carbocycles. The van der Waals surface area contributed by atoms with Crippen LogP contribution in [-0.4, -0.2) is 14.5 Å². The van der Waals surface area contributed by atoms with Gasteiger partial charge in [-0.1, -0.05) is 170 Å². The van der Waals surface area contributed by atoms with Crippen molar-refractivity contribution in [1.29, 1.82) is 0 Å². The van der Waals surface area contributed by atoms with Crippen molar-refractivity contribution < 1.29 is 0 Å². The van der Waals surface area contributed by atoms with Crippen LogP contribution in [0.4, 0.5) is 0 Å². The number of nitrogens with zero attached hydrogens (tertiary/aromatic N) is 3. The molecule has 0 radical (unpaired) electrons. The van der Waals surface area contributed by atoms with Crippen LogP contribution in [0.25, 0.3) is 66.8 Å². The third kappa shape index (κ3) is 4.98. The maximum atomic E-state index is 5.21. The first-order valence-electron chi connectivity index (χ1n) is 19.5. The minimum Gasteiger partial charge on any atom is -0.309 e. The quantitative estimate of drug-likeness (QED) is 0.172. The van der Waals surface area contributed by atoms with Gasteiger partial charge < -0.3 is 4.57 Å². The summed E-state index contributed by atoms with van der Waals surface area (Å²) in [4.78, 5) is 10.4. The number of aromatic nitrogens is 3. The minimum atomic E-state index is -0.490. The Morgan fingerprint density at radius 1 is 0.464 bits per heavy atom. The Hall–Kier alpha value is -7.10. The number of hydrogen-bond acceptors (Lipinski definition) is 2. The second-order valence-corrected chi connectivity index (χ2v) is 14.8. The number of para-hydroxylation sites is 1. The van der Waals surface area contributed by atoms with Crippen LogP contribution in [0.1, 0.15) is 40.8 Å². The highest BCUT2D eigenvalue weighted by Gasteiger charge is 2.46. The van der Waals surface area contributed by atoms with Crippen LogP contribution in [-0.2, 0) is 5.41 Å². The third-order valence-corrected chi connectivity index (χ3v) is 11.7. The van der Waals surface area contributed by atoms with Crippen molar-refractivity contribution in [2.75, 3.05) is 0 Å². The molecule has 3 nitrogen and oxygen atoms in total. The number of allylic oxidation sites excluding steroid dienone is 4. The summed E-state index contributed by atoms with van der Waals surface area (Å²) in [5.41, 5.74) is 15.7. The van der Waals surface area contributed by atoms with Gasteiger partial charge in [-0.15, -0.1) is 0 Å². The van der Waals surface area contributed by atoms with Gasteiger partial charge in [-0.25, -0.2) is 9.97 Å². The Labute approximate surface area is 326 Å². The zero-order valence-electron chi connectivity index (χ0n) is 30.8. The molecule has 2 heterocycles. The van der Waals surface area contributed by atoms with Crippen molar-refractivity contribution in [2.45, 2.75) is 18.3 Å². The molecule has 0 saturated heterocycles. The first-order chi connectivity index (χ1) is 27.8. The minimum absolute atomic E-state index is 0.490. The first kappa shape index (κ1) is 32.3. The van der Waals surface area contributed by atoms with Crippen molar-refractivity contribution in [2.24, 2.45) is 0 Å². The van der Waals surface area contributed by atoms with Crippen LogP contribution in [0.2, 0.25) is 0 Å². The van der Waals surface area contributed by atoms with Crippen molar-refractivity contribution in [1.82, 2.24) is 14.5 Å². The summed E-state index contributed by atoms with van der Waals surface area (Å²) in [6, 6.07) is 66.1. The lowest BCUT2D eigenvalue weighted by molar-refractivity contribution is 0.769. The van der Waals surface area contributed by atoms with Crippen molar-refractivity contribution in [3.8, 4) is 39.5 Å². The topological polar surface area (TPSA) is 30.7 Å². The molecule has 0 amide bonds. The fraction of sp³-hybridized carbons (Fsp3) is 0.0566. The monoisotopic (exact) mass is 715 g/mol. The molecule has 0 fully saturated rings. The number of hydrogen-bond donors (Lipinski definition) is 0. The predicted molar refractivity (Wildman–Crippen MR) is 231 cm³/mol. The first-order valence-corrected chi connectivity index (χ1v) is 19.5. The smallest absolute Gasteiger partial charge is 0.160 e. The highest BCUT2D eigenvalue weighted by Crippen LogP contribution is 2.56. The summed E-state index contributed by atoms with van der Waals surface area (Å²) >= 11 is 0. The summed E-state index contributed by atoms with van der Waals surface area (Å²) in [5.74, 6) is 0.715. The maximum Gasteiger partial charge on any atom is 0.160 e. The number of rotatable bonds is 6. The fourth-order valence-electron chi connectivity index (χ4n) is 9.26. The van der Waals surface area contributed by atoms with Crippen LogP contribution in [0.5, 0.6) is 0 Å². The van der Waals surface area contributed by atoms with E-state index in [9.17, 15) is 0 Å². The Morgan fingerprint density at radius 3 is 1.89 bits per heavy atom. The molecule has 0 N–H and O–H groups in total. The summed E-state index contributed by atoms with van der Waals surface area (Å²) in [6.45, 7) is 0. The molecule has 0 atom stereocenters. The lowest BCUT2D eigenvalue weighted by Gasteiger charge is -2.34. The summed E-state index contributed by atoms with van der Waals surface area (Å²) in [6.07, 6.45) is 8.79. The van der Waals surface area contributed by atoms with Gasteiger partial charge in [0.1, 0.15) is 0 Å². The van der Waals surface area contributed by atoms with Crippen molar-refractivity contribution in [3.05, 3.63) is 228 Å². The van der Waals surface area contributed by atoms with E-state index in [4.69, 9.17) is 9.97 Å². The molecular formula is C53H37N3. The van der Waals surface area contributed by atoms with E-state index in [1.165, 1.54) is 44.2 Å². The van der Waals surface area contributed by atoms with Crippen LogP contribution >= 0.6 is 0 Å². The molecule has 56 heavy (non-hydrogen) atoms. The Morgan fingerprint density at radius 2 is 1.12 bits per heavy atom. The molecule has 9 aromatic rings. The maximum absolute atomic E-state index is 5.21. The normalized spacial score (nSPS) is 14.1. The van der Waals surface area contributed by atoms with Gasteiger partial charge in [0.25, 0.3) is 0 Å². The third-order valence-electron chi connectivity index (χ3n) is 11.7. The second-order valence-electron chi connectivity index (χ2n) is 14.8. The van der Waals surface area contributed by atoms with Crippen molar-refractivity contribution >= 4 is 27.4 Å². The van der Waals surface area contributed by atoms with E-state index in [1.807, 2.05) is 6.07 Å². The summed E-state index contributed by atoms with van der Waals surface area (Å²) in [7, 11) is 0. The molecule has 11 rings (SSSR count).